The van der Waals surface area contributed by atoms with Gasteiger partial charge < -0.3 is 0 Å². The van der Waals surface area contributed by atoms with Crippen molar-refractivity contribution in [3.63, 3.8) is 0 Å². The summed E-state index contributed by atoms with van der Waals surface area (Å²) in [5.74, 6) is 0.833. The maximum absolute atomic E-state index is 10.8. The van der Waals surface area contributed by atoms with Gasteiger partial charge >= 0.3 is 5.66 Å². The van der Waals surface area contributed by atoms with Crippen molar-refractivity contribution in [2.75, 3.05) is 0 Å². The Labute approximate surface area is 88.0 Å². The molecule has 0 aromatic rings. The Balaban J connectivity index is 2.75. The van der Waals surface area contributed by atoms with E-state index < -0.39 is 15.5 Å². The molecule has 6 nitrogen and oxygen atoms in total. The maximum atomic E-state index is 10.8. The van der Waals surface area contributed by atoms with Crippen LogP contribution in [0.1, 0.15) is 39.5 Å². The molecule has 1 saturated carbocycles. The van der Waals surface area contributed by atoms with Crippen molar-refractivity contribution in [2.24, 2.45) is 11.8 Å². The Morgan fingerprint density at radius 1 is 1.13 bits per heavy atom. The molecule has 0 aliphatic heterocycles. The van der Waals surface area contributed by atoms with Gasteiger partial charge in [0, 0.05) is 0 Å². The molecular formula is C9H16N2O4. The number of hydrogen-bond acceptors (Lipinski definition) is 4. The zero-order valence-corrected chi connectivity index (χ0v) is 9.01. The smallest absolute Gasteiger partial charge is 0.258 e. The van der Waals surface area contributed by atoms with Crippen molar-refractivity contribution < 1.29 is 9.85 Å². The van der Waals surface area contributed by atoms with Gasteiger partial charge in [-0.15, -0.1) is 0 Å². The minimum atomic E-state index is -1.91. The highest BCUT2D eigenvalue weighted by atomic mass is 16.7. The van der Waals surface area contributed by atoms with Gasteiger partial charge in [0.05, 0.1) is 22.7 Å². The van der Waals surface area contributed by atoms with Crippen molar-refractivity contribution in [1.29, 1.82) is 0 Å². The molecular weight excluding hydrogens is 200 g/mol. The van der Waals surface area contributed by atoms with Crippen LogP contribution < -0.4 is 0 Å². The number of nitro groups is 2. The zero-order chi connectivity index (χ0) is 11.6. The summed E-state index contributed by atoms with van der Waals surface area (Å²) >= 11 is 0. The molecule has 0 atom stereocenters. The van der Waals surface area contributed by atoms with E-state index in [1.165, 1.54) is 0 Å². The lowest BCUT2D eigenvalue weighted by Gasteiger charge is -2.29. The summed E-state index contributed by atoms with van der Waals surface area (Å²) in [5.41, 5.74) is -1.91. The largest absolute Gasteiger partial charge is 0.458 e. The Bertz CT molecular complexity index is 253. The van der Waals surface area contributed by atoms with Crippen LogP contribution in [0.15, 0.2) is 0 Å². The molecule has 0 bridgehead atoms. The van der Waals surface area contributed by atoms with Gasteiger partial charge in [0.2, 0.25) is 0 Å². The molecule has 1 aliphatic carbocycles. The van der Waals surface area contributed by atoms with E-state index in [9.17, 15) is 20.2 Å². The standard InChI is InChI=1S/C9H16N2O4/c1-7(2)8-3-5-9(6-4-8,10(12)13)11(14)15/h7-8H,3-6H2,1-2H3. The van der Waals surface area contributed by atoms with E-state index in [0.717, 1.165) is 0 Å². The van der Waals surface area contributed by atoms with E-state index in [1.807, 2.05) is 0 Å². The first kappa shape index (κ1) is 11.9. The topological polar surface area (TPSA) is 86.3 Å². The molecule has 0 heterocycles. The molecule has 0 unspecified atom stereocenters. The average Bonchev–Trinajstić information content (AvgIpc) is 2.17. The van der Waals surface area contributed by atoms with E-state index >= 15 is 0 Å². The first-order valence-electron chi connectivity index (χ1n) is 5.19. The minimum Gasteiger partial charge on any atom is -0.258 e. The predicted octanol–water partition coefficient (Wildman–Crippen LogP) is 2.08. The molecule has 0 amide bonds. The van der Waals surface area contributed by atoms with Gasteiger partial charge in [-0.2, -0.15) is 0 Å². The van der Waals surface area contributed by atoms with Crippen molar-refractivity contribution in [2.45, 2.75) is 45.2 Å². The highest BCUT2D eigenvalue weighted by Crippen LogP contribution is 2.37. The molecule has 0 aromatic carbocycles. The highest BCUT2D eigenvalue weighted by molar-refractivity contribution is 4.79. The second-order valence-electron chi connectivity index (χ2n) is 4.58. The third-order valence-electron chi connectivity index (χ3n) is 3.45. The van der Waals surface area contributed by atoms with Crippen molar-refractivity contribution >= 4 is 0 Å². The van der Waals surface area contributed by atoms with E-state index in [4.69, 9.17) is 0 Å². The Hall–Kier alpha value is -1.20. The molecule has 0 N–H and O–H groups in total. The predicted molar refractivity (Wildman–Crippen MR) is 53.5 cm³/mol. The van der Waals surface area contributed by atoms with Crippen LogP contribution in [0.4, 0.5) is 0 Å². The first-order valence-corrected chi connectivity index (χ1v) is 5.19. The van der Waals surface area contributed by atoms with Crippen molar-refractivity contribution in [1.82, 2.24) is 0 Å². The SMILES string of the molecule is CC(C)C1CCC([N+](=O)[O-])([N+](=O)[O-])CC1. The minimum absolute atomic E-state index is 0.0653. The van der Waals surface area contributed by atoms with Crippen LogP contribution in [-0.2, 0) is 0 Å². The van der Waals surface area contributed by atoms with Crippen LogP contribution >= 0.6 is 0 Å². The van der Waals surface area contributed by atoms with Crippen LogP contribution in [0, 0.1) is 32.1 Å². The van der Waals surface area contributed by atoms with Gasteiger partial charge in [0.1, 0.15) is 0 Å². The Kier molecular flexibility index (Phi) is 3.26. The van der Waals surface area contributed by atoms with Gasteiger partial charge in [-0.25, -0.2) is 0 Å². The summed E-state index contributed by atoms with van der Waals surface area (Å²) in [6.07, 6.45) is 1.30. The molecule has 0 aromatic heterocycles. The van der Waals surface area contributed by atoms with Gasteiger partial charge in [0.15, 0.2) is 0 Å². The van der Waals surface area contributed by atoms with E-state index in [1.54, 1.807) is 0 Å². The number of nitrogens with zero attached hydrogens (tertiary/aromatic N) is 2. The van der Waals surface area contributed by atoms with Crippen LogP contribution in [0.3, 0.4) is 0 Å². The Morgan fingerprint density at radius 3 is 1.80 bits per heavy atom. The van der Waals surface area contributed by atoms with Gasteiger partial charge in [-0.3, -0.25) is 20.2 Å². The van der Waals surface area contributed by atoms with Crippen molar-refractivity contribution in [3.05, 3.63) is 20.2 Å². The molecule has 15 heavy (non-hydrogen) atoms. The maximum Gasteiger partial charge on any atom is 0.458 e. The third kappa shape index (κ3) is 2.08. The number of hydrogen-bond donors (Lipinski definition) is 0. The number of rotatable bonds is 3. The fourth-order valence-electron chi connectivity index (χ4n) is 2.20. The second kappa shape index (κ2) is 4.12. The monoisotopic (exact) mass is 216 g/mol. The quantitative estimate of drug-likeness (QED) is 0.410. The summed E-state index contributed by atoms with van der Waals surface area (Å²) in [7, 11) is 0. The molecule has 0 saturated heterocycles. The first-order chi connectivity index (χ1) is 6.90. The normalized spacial score (nSPS) is 21.5. The summed E-state index contributed by atoms with van der Waals surface area (Å²) in [6, 6.07) is 0. The Morgan fingerprint density at radius 2 is 1.53 bits per heavy atom. The van der Waals surface area contributed by atoms with E-state index in [-0.39, 0.29) is 12.8 Å². The average molecular weight is 216 g/mol. The second-order valence-corrected chi connectivity index (χ2v) is 4.58. The van der Waals surface area contributed by atoms with Gasteiger partial charge in [-0.1, -0.05) is 13.8 Å². The lowest BCUT2D eigenvalue weighted by atomic mass is 9.77. The van der Waals surface area contributed by atoms with E-state index in [2.05, 4.69) is 13.8 Å². The summed E-state index contributed by atoms with van der Waals surface area (Å²) in [6.45, 7) is 4.10. The lowest BCUT2D eigenvalue weighted by molar-refractivity contribution is -0.801. The van der Waals surface area contributed by atoms with Crippen LogP contribution in [0.25, 0.3) is 0 Å². The molecule has 86 valence electrons. The fourth-order valence-corrected chi connectivity index (χ4v) is 2.20. The summed E-state index contributed by atoms with van der Waals surface area (Å²) in [4.78, 5) is 20.1. The molecule has 6 heteroatoms. The highest BCUT2D eigenvalue weighted by Gasteiger charge is 2.57. The van der Waals surface area contributed by atoms with Gasteiger partial charge in [-0.05, 0) is 24.7 Å². The zero-order valence-electron chi connectivity index (χ0n) is 9.01. The van der Waals surface area contributed by atoms with Gasteiger partial charge in [0.25, 0.3) is 0 Å². The third-order valence-corrected chi connectivity index (χ3v) is 3.45. The van der Waals surface area contributed by atoms with Crippen LogP contribution in [-0.4, -0.2) is 15.5 Å². The fraction of sp³-hybridized carbons (Fsp3) is 1.00. The summed E-state index contributed by atoms with van der Waals surface area (Å²) in [5, 5.41) is 21.5. The van der Waals surface area contributed by atoms with Crippen LogP contribution in [0.5, 0.6) is 0 Å². The molecule has 1 aliphatic rings. The molecule has 1 rings (SSSR count). The van der Waals surface area contributed by atoms with Crippen LogP contribution in [0.2, 0.25) is 0 Å². The molecule has 0 radical (unpaired) electrons. The van der Waals surface area contributed by atoms with E-state index in [0.29, 0.717) is 24.7 Å². The molecule has 1 fully saturated rings. The molecule has 0 spiro atoms. The van der Waals surface area contributed by atoms with Crippen molar-refractivity contribution in [3.8, 4) is 0 Å². The lowest BCUT2D eigenvalue weighted by Crippen LogP contribution is -2.49. The summed E-state index contributed by atoms with van der Waals surface area (Å²) < 4.78 is 0.